The van der Waals surface area contributed by atoms with Gasteiger partial charge in [-0.05, 0) is 25.7 Å². The molecule has 1 amide bonds. The lowest BCUT2D eigenvalue weighted by Crippen LogP contribution is -2.39. The van der Waals surface area contributed by atoms with E-state index in [0.29, 0.717) is 32.1 Å². The molecule has 1 rings (SSSR count). The van der Waals surface area contributed by atoms with Crippen LogP contribution in [0.25, 0.3) is 0 Å². The zero-order valence-corrected chi connectivity index (χ0v) is 18.1. The number of carbonyl (C=O) groups is 2. The van der Waals surface area contributed by atoms with Crippen LogP contribution in [0.4, 0.5) is 0 Å². The Morgan fingerprint density at radius 2 is 1.93 bits per heavy atom. The summed E-state index contributed by atoms with van der Waals surface area (Å²) in [5, 5.41) is 40.7. The van der Waals surface area contributed by atoms with Crippen molar-refractivity contribution in [1.82, 2.24) is 5.32 Å². The van der Waals surface area contributed by atoms with Gasteiger partial charge in [0.05, 0.1) is 31.5 Å². The van der Waals surface area contributed by atoms with Crippen LogP contribution >= 0.6 is 0 Å². The molecule has 4 atom stereocenters. The molecule has 0 bridgehead atoms. The van der Waals surface area contributed by atoms with Gasteiger partial charge in [-0.2, -0.15) is 0 Å². The maximum atomic E-state index is 12.2. The molecule has 0 heterocycles. The van der Waals surface area contributed by atoms with Gasteiger partial charge in [0.1, 0.15) is 5.78 Å². The van der Waals surface area contributed by atoms with Crippen molar-refractivity contribution in [3.05, 3.63) is 24.3 Å². The molecule has 1 fully saturated rings. The number of hydrogen-bond donors (Lipinski definition) is 5. The zero-order chi connectivity index (χ0) is 22.4. The predicted molar refractivity (Wildman–Crippen MR) is 116 cm³/mol. The average molecular weight is 426 g/mol. The Balaban J connectivity index is 2.40. The van der Waals surface area contributed by atoms with Crippen LogP contribution in [0.2, 0.25) is 0 Å². The molecule has 0 aromatic rings. The second-order valence-electron chi connectivity index (χ2n) is 8.10. The predicted octanol–water partition coefficient (Wildman–Crippen LogP) is 1.64. The number of rotatable bonds is 15. The van der Waals surface area contributed by atoms with Crippen LogP contribution in [-0.4, -0.2) is 63.6 Å². The zero-order valence-electron chi connectivity index (χ0n) is 18.1. The van der Waals surface area contributed by atoms with E-state index in [1.54, 1.807) is 12.2 Å². The fourth-order valence-electron chi connectivity index (χ4n) is 3.67. The highest BCUT2D eigenvalue weighted by atomic mass is 16.3. The smallest absolute Gasteiger partial charge is 0.220 e. The van der Waals surface area contributed by atoms with E-state index in [9.17, 15) is 19.8 Å². The molecule has 0 spiro atoms. The molecular formula is C23H39NO6. The molecule has 7 nitrogen and oxygen atoms in total. The van der Waals surface area contributed by atoms with Gasteiger partial charge in [-0.1, -0.05) is 50.5 Å². The van der Waals surface area contributed by atoms with Crippen LogP contribution in [0.3, 0.4) is 0 Å². The molecule has 0 radical (unpaired) electrons. The number of nitrogens with one attached hydrogen (secondary N) is 1. The molecule has 0 aliphatic heterocycles. The topological polar surface area (TPSA) is 127 Å². The van der Waals surface area contributed by atoms with Crippen LogP contribution in [0, 0.1) is 11.8 Å². The Morgan fingerprint density at radius 3 is 2.60 bits per heavy atom. The van der Waals surface area contributed by atoms with E-state index < -0.39 is 18.2 Å². The van der Waals surface area contributed by atoms with Gasteiger partial charge in [-0.15, -0.1) is 0 Å². The quantitative estimate of drug-likeness (QED) is 0.200. The molecule has 0 unspecified atom stereocenters. The molecule has 7 heteroatoms. The van der Waals surface area contributed by atoms with Crippen LogP contribution in [0.1, 0.15) is 64.7 Å². The molecule has 0 saturated heterocycles. The number of aliphatic hydroxyl groups excluding tert-OH is 4. The van der Waals surface area contributed by atoms with E-state index in [0.717, 1.165) is 19.3 Å². The number of amides is 1. The summed E-state index contributed by atoms with van der Waals surface area (Å²) in [7, 11) is 0. The summed E-state index contributed by atoms with van der Waals surface area (Å²) >= 11 is 0. The monoisotopic (exact) mass is 425 g/mol. The van der Waals surface area contributed by atoms with Crippen molar-refractivity contribution in [2.45, 2.75) is 83.0 Å². The number of allylic oxidation sites excluding steroid dienone is 3. The minimum atomic E-state index is -0.672. The van der Waals surface area contributed by atoms with Crippen molar-refractivity contribution in [2.24, 2.45) is 11.8 Å². The van der Waals surface area contributed by atoms with Gasteiger partial charge in [0, 0.05) is 24.7 Å². The highest BCUT2D eigenvalue weighted by Crippen LogP contribution is 2.33. The molecule has 172 valence electrons. The molecular weight excluding hydrogens is 386 g/mol. The SMILES string of the molecule is CCCCC[C@@H](O)/C=C/[C@H]1C(=O)C[C@H](O)[C@@H]1C/C=C\CCCC(=O)NC(CO)CO. The summed E-state index contributed by atoms with van der Waals surface area (Å²) < 4.78 is 0. The first-order chi connectivity index (χ1) is 14.4. The van der Waals surface area contributed by atoms with Gasteiger partial charge in [-0.3, -0.25) is 9.59 Å². The molecule has 1 aliphatic rings. The van der Waals surface area contributed by atoms with E-state index in [1.807, 2.05) is 12.2 Å². The van der Waals surface area contributed by atoms with Crippen molar-refractivity contribution in [1.29, 1.82) is 0 Å². The molecule has 0 aromatic carbocycles. The van der Waals surface area contributed by atoms with Gasteiger partial charge >= 0.3 is 0 Å². The van der Waals surface area contributed by atoms with Gasteiger partial charge in [-0.25, -0.2) is 0 Å². The number of carbonyl (C=O) groups excluding carboxylic acids is 2. The van der Waals surface area contributed by atoms with Crippen molar-refractivity contribution >= 4 is 11.7 Å². The summed E-state index contributed by atoms with van der Waals surface area (Å²) in [4.78, 5) is 23.9. The van der Waals surface area contributed by atoms with E-state index in [-0.39, 0.29) is 43.2 Å². The third-order valence-corrected chi connectivity index (χ3v) is 5.54. The standard InChI is InChI=1S/C23H39NO6/c1-2-3-6-9-18(27)12-13-20-19(21(28)14-22(20)29)10-7-4-5-8-11-23(30)24-17(15-25)16-26/h4,7,12-13,17-21,25-28H,2-3,5-6,8-11,14-16H2,1H3,(H,24,30)/b7-4-,13-12+/t18-,19-,20-,21+/m1/s1. The van der Waals surface area contributed by atoms with Crippen molar-refractivity contribution in [3.8, 4) is 0 Å². The molecule has 1 aliphatic carbocycles. The fraction of sp³-hybridized carbons (Fsp3) is 0.739. The summed E-state index contributed by atoms with van der Waals surface area (Å²) in [5.41, 5.74) is 0. The second-order valence-corrected chi connectivity index (χ2v) is 8.10. The Kier molecular flexibility index (Phi) is 13.5. The number of unbranched alkanes of at least 4 members (excludes halogenated alkanes) is 3. The summed E-state index contributed by atoms with van der Waals surface area (Å²) in [6.45, 7) is 1.52. The van der Waals surface area contributed by atoms with Crippen molar-refractivity contribution < 1.29 is 30.0 Å². The van der Waals surface area contributed by atoms with Gasteiger partial charge < -0.3 is 25.7 Å². The maximum Gasteiger partial charge on any atom is 0.220 e. The number of ketones is 1. The number of aliphatic hydroxyl groups is 4. The van der Waals surface area contributed by atoms with Gasteiger partial charge in [0.2, 0.25) is 5.91 Å². The van der Waals surface area contributed by atoms with Crippen molar-refractivity contribution in [3.63, 3.8) is 0 Å². The van der Waals surface area contributed by atoms with Crippen LogP contribution in [-0.2, 0) is 9.59 Å². The van der Waals surface area contributed by atoms with Crippen molar-refractivity contribution in [2.75, 3.05) is 13.2 Å². The Hall–Kier alpha value is -1.54. The molecule has 30 heavy (non-hydrogen) atoms. The first kappa shape index (κ1) is 26.5. The molecule has 1 saturated carbocycles. The Labute approximate surface area is 179 Å². The first-order valence-corrected chi connectivity index (χ1v) is 11.2. The van der Waals surface area contributed by atoms with E-state index in [4.69, 9.17) is 10.2 Å². The first-order valence-electron chi connectivity index (χ1n) is 11.2. The Bertz CT molecular complexity index is 558. The third-order valence-electron chi connectivity index (χ3n) is 5.54. The second kappa shape index (κ2) is 15.3. The lowest BCUT2D eigenvalue weighted by atomic mass is 9.90. The van der Waals surface area contributed by atoms with Gasteiger partial charge in [0.25, 0.3) is 0 Å². The summed E-state index contributed by atoms with van der Waals surface area (Å²) in [6, 6.07) is -0.621. The van der Waals surface area contributed by atoms with E-state index in [2.05, 4.69) is 12.2 Å². The lowest BCUT2D eigenvalue weighted by molar-refractivity contribution is -0.122. The van der Waals surface area contributed by atoms with Crippen LogP contribution in [0.5, 0.6) is 0 Å². The van der Waals surface area contributed by atoms with Crippen LogP contribution in [0.15, 0.2) is 24.3 Å². The third kappa shape index (κ3) is 9.98. The highest BCUT2D eigenvalue weighted by molar-refractivity contribution is 5.86. The van der Waals surface area contributed by atoms with Crippen LogP contribution < -0.4 is 5.32 Å². The average Bonchev–Trinajstić information content (AvgIpc) is 2.99. The van der Waals surface area contributed by atoms with E-state index >= 15 is 0 Å². The fourth-order valence-corrected chi connectivity index (χ4v) is 3.67. The lowest BCUT2D eigenvalue weighted by Gasteiger charge is -2.17. The minimum absolute atomic E-state index is 0.0110. The summed E-state index contributed by atoms with van der Waals surface area (Å²) in [6.07, 6.45) is 12.2. The van der Waals surface area contributed by atoms with E-state index in [1.165, 1.54) is 0 Å². The Morgan fingerprint density at radius 1 is 1.20 bits per heavy atom. The summed E-state index contributed by atoms with van der Waals surface area (Å²) in [5.74, 6) is -0.760. The largest absolute Gasteiger partial charge is 0.394 e. The maximum absolute atomic E-state index is 12.2. The minimum Gasteiger partial charge on any atom is -0.394 e. The molecule has 0 aromatic heterocycles. The van der Waals surface area contributed by atoms with Gasteiger partial charge in [0.15, 0.2) is 0 Å². The normalized spacial score (nSPS) is 23.1. The molecule has 5 N–H and O–H groups in total. The highest BCUT2D eigenvalue weighted by Gasteiger charge is 2.39. The number of Topliss-reactive ketones (excluding diaryl/α,β-unsaturated/α-hetero) is 1. The number of hydrogen-bond acceptors (Lipinski definition) is 6.